The third kappa shape index (κ3) is 21.4. The number of aromatic nitrogens is 9. The number of imide groups is 3. The number of halogens is 3. The number of amides is 7. The van der Waals surface area contributed by atoms with E-state index in [1.807, 2.05) is 25.7 Å². The third-order valence-electron chi connectivity index (χ3n) is 19.7. The van der Waals surface area contributed by atoms with E-state index in [2.05, 4.69) is 46.9 Å². The second-order valence-corrected chi connectivity index (χ2v) is 27.7. The van der Waals surface area contributed by atoms with Gasteiger partial charge in [0.05, 0.1) is 81.6 Å². The van der Waals surface area contributed by atoms with E-state index in [-0.39, 0.29) is 100 Å². The van der Waals surface area contributed by atoms with Crippen molar-refractivity contribution in [2.45, 2.75) is 192 Å². The van der Waals surface area contributed by atoms with E-state index in [0.29, 0.717) is 110 Å². The molecule has 6 N–H and O–H groups in total. The Morgan fingerprint density at radius 1 is 0.529 bits per heavy atom. The van der Waals surface area contributed by atoms with E-state index < -0.39 is 58.2 Å². The molecule has 102 heavy (non-hydrogen) atoms. The molecule has 6 aliphatic rings. The van der Waals surface area contributed by atoms with Gasteiger partial charge in [-0.1, -0.05) is 67.5 Å². The first-order valence-electron chi connectivity index (χ1n) is 35.6. The van der Waals surface area contributed by atoms with E-state index in [1.165, 1.54) is 42.1 Å². The Morgan fingerprint density at radius 2 is 0.971 bits per heavy atom. The molecule has 3 saturated heterocycles. The van der Waals surface area contributed by atoms with Crippen LogP contribution in [-0.4, -0.2) is 170 Å². The number of hydrogen-bond acceptors (Lipinski definition) is 20. The zero-order valence-electron chi connectivity index (χ0n) is 58.1. The number of ether oxygens (including phenoxy) is 3. The molecule has 3 aromatic carbocycles. The molecular formula is C72H93F3N14O13. The van der Waals surface area contributed by atoms with E-state index >= 15 is 0 Å². The third-order valence-corrected chi connectivity index (χ3v) is 19.7. The van der Waals surface area contributed by atoms with Gasteiger partial charge < -0.3 is 34.4 Å². The van der Waals surface area contributed by atoms with Crippen LogP contribution in [0.4, 0.5) is 13.2 Å². The topological polar surface area (TPSA) is 343 Å². The van der Waals surface area contributed by atoms with Crippen LogP contribution in [0.25, 0.3) is 0 Å². The summed E-state index contributed by atoms with van der Waals surface area (Å²) in [7, 11) is 0. The van der Waals surface area contributed by atoms with Gasteiger partial charge in [0, 0.05) is 6.42 Å². The highest BCUT2D eigenvalue weighted by Gasteiger charge is 2.36. The number of carbonyl (C=O) groups is 7. The average molecular weight is 1420 g/mol. The molecule has 3 aromatic heterocycles. The number of nitrogens with zero attached hydrogens (tertiary/aromatic N) is 11. The van der Waals surface area contributed by atoms with Crippen molar-refractivity contribution in [2.24, 2.45) is 17.8 Å². The minimum Gasteiger partial charge on any atom is -0.490 e. The highest BCUT2D eigenvalue weighted by Crippen LogP contribution is 2.38. The summed E-state index contributed by atoms with van der Waals surface area (Å²) in [6.07, 6.45) is 19.2. The standard InChI is InChI=1S/C24H30FN5O4.C24H32FN5O4.C24H31FN4O5/c1-2-24(34,18-7-9-20(25)17(11-18)6-5-16-3-4-16)15-30-19(12-26-28-30)8-10-23(33)29-13-21(31)27-22(32)14-29;1-2-24(33,18-8-9-20(25)21(11-18)34-15-17-6-7-17)16-30-19(12-26-28-30)5-3-4-10-29-13-22(31)27-23(32)14-29;1-2-24(32,17-9-10-19(25)21(11-17)33-13-16-7-8-16)15-29-18(12-26-28-29)5-3-4-6-20-23(31)27-22(30)14-34-20/h7,9,11-12,16,34H,2-6,8,10,13-15H2,1H3,(H,27,31,32);8-9,11-12,17,33H,2-7,10,13-16H2,1H3,(H,27,31,32);9-12,16,20,32H,2-8,13-15H2,1H3,(H,27,30,31)/t2*24-;20?,24-/m111/s1. The van der Waals surface area contributed by atoms with Crippen LogP contribution in [0.15, 0.2) is 73.2 Å². The number of aliphatic hydroxyl groups is 3. The summed E-state index contributed by atoms with van der Waals surface area (Å²) >= 11 is 0. The largest absolute Gasteiger partial charge is 0.490 e. The summed E-state index contributed by atoms with van der Waals surface area (Å²) in [6, 6.07) is 13.8. The van der Waals surface area contributed by atoms with E-state index in [0.717, 1.165) is 69.2 Å². The van der Waals surface area contributed by atoms with Crippen molar-refractivity contribution in [1.82, 2.24) is 70.7 Å². The molecule has 3 saturated carbocycles. The smallest absolute Gasteiger partial charge is 0.255 e. The number of morpholine rings is 1. The van der Waals surface area contributed by atoms with E-state index in [9.17, 15) is 62.1 Å². The van der Waals surface area contributed by atoms with Gasteiger partial charge in [-0.3, -0.25) is 54.4 Å². The Morgan fingerprint density at radius 3 is 1.43 bits per heavy atom. The fourth-order valence-corrected chi connectivity index (χ4v) is 12.5. The van der Waals surface area contributed by atoms with Crippen LogP contribution < -0.4 is 25.4 Å². The zero-order chi connectivity index (χ0) is 72.6. The first kappa shape index (κ1) is 75.8. The van der Waals surface area contributed by atoms with E-state index in [1.54, 1.807) is 62.8 Å². The molecule has 1 unspecified atom stereocenters. The van der Waals surface area contributed by atoms with E-state index in [4.69, 9.17) is 14.2 Å². The molecule has 0 radical (unpaired) electrons. The average Bonchev–Trinajstić information content (AvgIpc) is 1.33. The van der Waals surface area contributed by atoms with Crippen LogP contribution in [0, 0.1) is 35.2 Å². The monoisotopic (exact) mass is 1420 g/mol. The molecule has 0 bridgehead atoms. The quantitative estimate of drug-likeness (QED) is 0.0214. The minimum absolute atomic E-state index is 0.0698. The summed E-state index contributed by atoms with van der Waals surface area (Å²) in [5.41, 5.74) is 0.947. The van der Waals surface area contributed by atoms with Crippen LogP contribution in [0.1, 0.15) is 163 Å². The molecule has 7 amide bonds. The Bertz CT molecular complexity index is 3880. The van der Waals surface area contributed by atoms with Gasteiger partial charge in [0.25, 0.3) is 11.8 Å². The van der Waals surface area contributed by atoms with Crippen molar-refractivity contribution in [3.63, 3.8) is 0 Å². The van der Waals surface area contributed by atoms with Crippen LogP contribution in [0.3, 0.4) is 0 Å². The summed E-state index contributed by atoms with van der Waals surface area (Å²) in [5.74, 6) is -1.78. The van der Waals surface area contributed by atoms with Gasteiger partial charge in [-0.2, -0.15) is 0 Å². The Labute approximate surface area is 589 Å². The highest BCUT2D eigenvalue weighted by atomic mass is 19.1. The predicted molar refractivity (Wildman–Crippen MR) is 360 cm³/mol. The maximum atomic E-state index is 14.4. The van der Waals surface area contributed by atoms with Gasteiger partial charge >= 0.3 is 0 Å². The van der Waals surface area contributed by atoms with Crippen LogP contribution in [-0.2, 0) is 100 Å². The molecule has 6 aromatic rings. The first-order chi connectivity index (χ1) is 49.0. The van der Waals surface area contributed by atoms with Crippen LogP contribution in [0.2, 0.25) is 0 Å². The number of aryl methyl sites for hydroxylation is 4. The summed E-state index contributed by atoms with van der Waals surface area (Å²) in [6.45, 7) is 7.77. The van der Waals surface area contributed by atoms with Crippen molar-refractivity contribution in [3.8, 4) is 11.5 Å². The number of piperazine rings is 2. The fraction of sp³-hybridized carbons (Fsp3) is 0.569. The molecule has 3 aliphatic carbocycles. The molecule has 0 spiro atoms. The predicted octanol–water partition coefficient (Wildman–Crippen LogP) is 5.52. The highest BCUT2D eigenvalue weighted by molar-refractivity contribution is 6.02. The fourth-order valence-electron chi connectivity index (χ4n) is 12.5. The molecular weight excluding hydrogens is 1330 g/mol. The van der Waals surface area contributed by atoms with Gasteiger partial charge in [0.15, 0.2) is 23.1 Å². The Balaban J connectivity index is 0.000000165. The van der Waals surface area contributed by atoms with Crippen molar-refractivity contribution in [2.75, 3.05) is 52.5 Å². The van der Waals surface area contributed by atoms with Crippen molar-refractivity contribution >= 4 is 41.4 Å². The second kappa shape index (κ2) is 34.9. The normalized spacial score (nSPS) is 18.9. The van der Waals surface area contributed by atoms with Crippen molar-refractivity contribution < 1.29 is 76.3 Å². The number of benzene rings is 3. The molecule has 6 fully saturated rings. The Kier molecular flexibility index (Phi) is 25.9. The van der Waals surface area contributed by atoms with Crippen LogP contribution >= 0.6 is 0 Å². The second-order valence-electron chi connectivity index (χ2n) is 27.7. The number of hydrogen-bond donors (Lipinski definition) is 6. The molecule has 550 valence electrons. The lowest BCUT2D eigenvalue weighted by molar-refractivity contribution is -0.150. The molecule has 4 atom stereocenters. The van der Waals surface area contributed by atoms with Gasteiger partial charge in [-0.25, -0.2) is 27.2 Å². The maximum absolute atomic E-state index is 14.4. The number of carbonyl (C=O) groups excluding carboxylic acids is 7. The molecule has 6 heterocycles. The zero-order valence-corrected chi connectivity index (χ0v) is 58.1. The van der Waals surface area contributed by atoms with Gasteiger partial charge in [0.1, 0.15) is 48.4 Å². The van der Waals surface area contributed by atoms with Crippen molar-refractivity contribution in [3.05, 3.63) is 130 Å². The van der Waals surface area contributed by atoms with Crippen molar-refractivity contribution in [1.29, 1.82) is 0 Å². The van der Waals surface area contributed by atoms with Gasteiger partial charge in [-0.15, -0.1) is 15.3 Å². The molecule has 27 nitrogen and oxygen atoms in total. The number of rotatable bonds is 34. The number of unbranched alkanes of at least 4 members (excludes halogenated alkanes) is 2. The Hall–Kier alpha value is -8.84. The molecule has 30 heteroatoms. The first-order valence-corrected chi connectivity index (χ1v) is 35.6. The minimum atomic E-state index is -1.29. The lowest BCUT2D eigenvalue weighted by Gasteiger charge is -2.28. The molecule has 12 rings (SSSR count). The maximum Gasteiger partial charge on any atom is 0.255 e. The van der Waals surface area contributed by atoms with Gasteiger partial charge in [-0.05, 0) is 192 Å². The van der Waals surface area contributed by atoms with Gasteiger partial charge in [0.2, 0.25) is 29.5 Å². The summed E-state index contributed by atoms with van der Waals surface area (Å²) in [4.78, 5) is 84.5. The lowest BCUT2D eigenvalue weighted by Crippen LogP contribution is -2.53. The number of nitrogens with one attached hydrogen (secondary N) is 3. The SMILES string of the molecule is CC[C@@](O)(Cn1nncc1CCC(=O)N1CC(=O)NC(=O)C1)c1ccc(F)c(CCC2CC2)c1.CC[C@@](O)(Cn1nncc1CCCCC1OCC(=O)NC1=O)c1ccc(F)c(OCC2CC2)c1.CC[C@@](O)(Cn1nncc1CCCCN1CC(=O)NC(=O)C1)c1ccc(F)c(OCC2CC2)c1. The molecule has 3 aliphatic heterocycles. The summed E-state index contributed by atoms with van der Waals surface area (Å²) < 4.78 is 64.3. The summed E-state index contributed by atoms with van der Waals surface area (Å²) in [5, 5.41) is 65.4. The lowest BCUT2D eigenvalue weighted by atomic mass is 9.89. The van der Waals surface area contributed by atoms with Crippen LogP contribution in [0.5, 0.6) is 11.5 Å².